The molecular weight excluding hydrogens is 750 g/mol. The second-order valence-corrected chi connectivity index (χ2v) is 14.8. The summed E-state index contributed by atoms with van der Waals surface area (Å²) in [6, 6.07) is 12.1. The average molecular weight is 791 g/mol. The van der Waals surface area contributed by atoms with E-state index in [1.807, 2.05) is 0 Å². The first-order valence-corrected chi connectivity index (χ1v) is 17.4. The molecule has 4 aromatic rings. The molecule has 2 amide bonds. The monoisotopic (exact) mass is 790 g/mol. The van der Waals surface area contributed by atoms with Crippen LogP contribution in [0.5, 0.6) is 0 Å². The van der Waals surface area contributed by atoms with Crippen LogP contribution in [-0.2, 0) is 32.6 Å². The summed E-state index contributed by atoms with van der Waals surface area (Å²) in [7, 11) is 0. The molecule has 0 saturated carbocycles. The van der Waals surface area contributed by atoms with Gasteiger partial charge in [-0.1, -0.05) is 48.6 Å². The molecule has 1 aliphatic rings. The Morgan fingerprint density at radius 3 is 2.11 bits per heavy atom. The van der Waals surface area contributed by atoms with Crippen LogP contribution in [0.2, 0.25) is 0 Å². The number of nitrogens with zero attached hydrogens (tertiary/aromatic N) is 5. The van der Waals surface area contributed by atoms with E-state index in [4.69, 9.17) is 18.6 Å². The lowest BCUT2D eigenvalue weighted by Crippen LogP contribution is -2.45. The number of alkyl halides is 6. The van der Waals surface area contributed by atoms with E-state index in [0.717, 1.165) is 0 Å². The summed E-state index contributed by atoms with van der Waals surface area (Å²) < 4.78 is 113. The number of hydrogen-bond donors (Lipinski definition) is 1. The number of hydrogen-bond acceptors (Lipinski definition) is 11. The van der Waals surface area contributed by atoms with Crippen LogP contribution in [0, 0.1) is 0 Å². The zero-order valence-electron chi connectivity index (χ0n) is 31.3. The van der Waals surface area contributed by atoms with Crippen molar-refractivity contribution in [1.82, 2.24) is 20.2 Å². The van der Waals surface area contributed by atoms with Crippen molar-refractivity contribution in [3.8, 4) is 11.6 Å². The second kappa shape index (κ2) is 15.9. The highest BCUT2D eigenvalue weighted by molar-refractivity contribution is 6.11. The first-order chi connectivity index (χ1) is 26.1. The fourth-order valence-electron chi connectivity index (χ4n) is 5.53. The Morgan fingerprint density at radius 2 is 1.54 bits per heavy atom. The van der Waals surface area contributed by atoms with Gasteiger partial charge in [0.05, 0.1) is 29.6 Å². The van der Waals surface area contributed by atoms with Crippen LogP contribution < -0.4 is 10.2 Å². The van der Waals surface area contributed by atoms with Crippen LogP contribution in [0.3, 0.4) is 0 Å². The molecular formula is C38H40F6N6O6. The minimum Gasteiger partial charge on any atom is -0.443 e. The predicted octanol–water partition coefficient (Wildman–Crippen LogP) is 10.1. The molecule has 4 bridgehead atoms. The topological polar surface area (TPSA) is 142 Å². The van der Waals surface area contributed by atoms with E-state index in [2.05, 4.69) is 25.5 Å². The van der Waals surface area contributed by atoms with Crippen LogP contribution in [0.1, 0.15) is 89.6 Å². The molecule has 1 aliphatic heterocycles. The van der Waals surface area contributed by atoms with Crippen molar-refractivity contribution < 1.29 is 54.6 Å². The Bertz CT molecular complexity index is 2000. The number of rotatable bonds is 5. The van der Waals surface area contributed by atoms with Gasteiger partial charge in [-0.2, -0.15) is 31.2 Å². The molecule has 0 fully saturated rings. The second-order valence-electron chi connectivity index (χ2n) is 14.8. The fraction of sp³-hybridized carbons (Fsp3) is 0.421. The lowest BCUT2D eigenvalue weighted by Gasteiger charge is -2.32. The lowest BCUT2D eigenvalue weighted by atomic mass is 9.95. The van der Waals surface area contributed by atoms with Gasteiger partial charge in [-0.15, -0.1) is 10.2 Å². The van der Waals surface area contributed by atoms with E-state index in [-0.39, 0.29) is 23.4 Å². The molecule has 12 nitrogen and oxygen atoms in total. The highest BCUT2D eigenvalue weighted by Crippen LogP contribution is 2.48. The normalized spacial score (nSPS) is 18.6. The molecule has 1 aromatic carbocycles. The number of anilines is 2. The number of pyridine rings is 2. The van der Waals surface area contributed by atoms with Crippen molar-refractivity contribution in [2.45, 2.75) is 103 Å². The van der Waals surface area contributed by atoms with Crippen LogP contribution in [0.15, 0.2) is 77.4 Å². The first-order valence-electron chi connectivity index (χ1n) is 17.4. The van der Waals surface area contributed by atoms with Crippen molar-refractivity contribution >= 4 is 23.7 Å². The lowest BCUT2D eigenvalue weighted by molar-refractivity contribution is -0.299. The van der Waals surface area contributed by atoms with Gasteiger partial charge in [-0.25, -0.2) is 14.6 Å². The minimum absolute atomic E-state index is 0.0582. The predicted molar refractivity (Wildman–Crippen MR) is 190 cm³/mol. The SMILES string of the molecule is CC(C)(C)OC(=O)N(C(=O)OC(C)(C)C)c1cc(C(F)(F)F)c2nc1-c1nnc(o1)[C@@](OCc1ccccc1)(C(F)(F)F)CC/C=C\CC(c1ccccn1)N2. The Labute approximate surface area is 318 Å². The van der Waals surface area contributed by atoms with E-state index < -0.39 is 95.0 Å². The number of aromatic nitrogens is 4. The zero-order valence-corrected chi connectivity index (χ0v) is 31.3. The molecule has 4 heterocycles. The molecule has 18 heteroatoms. The molecule has 1 N–H and O–H groups in total. The van der Waals surface area contributed by atoms with E-state index in [9.17, 15) is 9.59 Å². The van der Waals surface area contributed by atoms with Gasteiger partial charge in [0.15, 0.2) is 5.69 Å². The summed E-state index contributed by atoms with van der Waals surface area (Å²) in [5.74, 6) is -2.84. The number of allylic oxidation sites excluding steroid dienone is 1. The third-order valence-electron chi connectivity index (χ3n) is 8.02. The van der Waals surface area contributed by atoms with Crippen LogP contribution in [-0.4, -0.2) is 49.7 Å². The molecule has 1 unspecified atom stereocenters. The summed E-state index contributed by atoms with van der Waals surface area (Å²) in [5, 5.41) is 10.3. The highest BCUT2D eigenvalue weighted by Gasteiger charge is 2.61. The molecule has 3 aromatic heterocycles. The third kappa shape index (κ3) is 9.82. The minimum atomic E-state index is -5.19. The molecule has 0 saturated heterocycles. The molecule has 0 radical (unpaired) electrons. The number of halogens is 6. The van der Waals surface area contributed by atoms with Gasteiger partial charge in [0, 0.05) is 6.20 Å². The Balaban J connectivity index is 1.82. The van der Waals surface area contributed by atoms with Gasteiger partial charge in [0.1, 0.15) is 17.0 Å². The number of imide groups is 1. The van der Waals surface area contributed by atoms with Crippen LogP contribution in [0.25, 0.3) is 11.6 Å². The largest absolute Gasteiger partial charge is 0.443 e. The van der Waals surface area contributed by atoms with Gasteiger partial charge in [0.25, 0.3) is 11.8 Å². The number of nitrogens with one attached hydrogen (secondary N) is 1. The van der Waals surface area contributed by atoms with Crippen molar-refractivity contribution in [2.75, 3.05) is 10.2 Å². The van der Waals surface area contributed by atoms with Crippen LogP contribution in [0.4, 0.5) is 47.4 Å². The number of fused-ring (bicyclic) bond motifs is 5. The van der Waals surface area contributed by atoms with Gasteiger partial charge >= 0.3 is 24.5 Å². The maximum absolute atomic E-state index is 15.4. The van der Waals surface area contributed by atoms with Crippen molar-refractivity contribution in [3.05, 3.63) is 95.7 Å². The molecule has 300 valence electrons. The van der Waals surface area contributed by atoms with Crippen molar-refractivity contribution in [1.29, 1.82) is 0 Å². The molecule has 0 aliphatic carbocycles. The summed E-state index contributed by atoms with van der Waals surface area (Å²) in [6.45, 7) is 8.11. The number of benzene rings is 1. The summed E-state index contributed by atoms with van der Waals surface area (Å²) >= 11 is 0. The number of carbonyl (C=O) groups is 2. The number of amides is 2. The molecule has 0 spiro atoms. The number of carbonyl (C=O) groups excluding carboxylic acids is 2. The van der Waals surface area contributed by atoms with Gasteiger partial charge < -0.3 is 23.9 Å². The fourth-order valence-corrected chi connectivity index (χ4v) is 5.53. The average Bonchev–Trinajstić information content (AvgIpc) is 3.57. The maximum atomic E-state index is 15.4. The Hall–Kier alpha value is -5.52. The quantitative estimate of drug-likeness (QED) is 0.152. The standard InChI is InChI=1S/C38H40F6N6O6/c1-34(2,3)55-32(51)50(33(52)56-35(4,5)6)27-21-24(37(39,40)41)29-46-26(25-17-12-14-20-45-25)18-11-8-13-19-36(38(42,43)44,53-22-23-15-9-7-10-16-23)31-49-48-30(54-31)28(27)47-29/h7-12,14-17,20-21,26H,13,18-19,22H2,1-6H3,(H,46,47)/b11-8-/t26?,36-/m1/s1. The van der Waals surface area contributed by atoms with Gasteiger partial charge in [0.2, 0.25) is 5.60 Å². The Kier molecular flexibility index (Phi) is 11.8. The summed E-state index contributed by atoms with van der Waals surface area (Å²) in [6.07, 6.45) is -10.1. The van der Waals surface area contributed by atoms with E-state index in [0.29, 0.717) is 11.6 Å². The molecule has 56 heavy (non-hydrogen) atoms. The van der Waals surface area contributed by atoms with E-state index in [1.165, 1.54) is 59.9 Å². The van der Waals surface area contributed by atoms with Gasteiger partial charge in [-0.05, 0) is 84.6 Å². The maximum Gasteiger partial charge on any atom is 0.426 e. The van der Waals surface area contributed by atoms with Crippen molar-refractivity contribution in [3.63, 3.8) is 0 Å². The molecule has 2 atom stereocenters. The molecule has 5 rings (SSSR count). The van der Waals surface area contributed by atoms with Crippen LogP contribution >= 0.6 is 0 Å². The summed E-state index contributed by atoms with van der Waals surface area (Å²) in [5.41, 5.74) is -8.38. The van der Waals surface area contributed by atoms with Gasteiger partial charge in [-0.3, -0.25) is 4.98 Å². The van der Waals surface area contributed by atoms with Crippen molar-refractivity contribution in [2.24, 2.45) is 0 Å². The Morgan fingerprint density at radius 1 is 0.893 bits per heavy atom. The van der Waals surface area contributed by atoms with E-state index in [1.54, 1.807) is 48.5 Å². The smallest absolute Gasteiger partial charge is 0.426 e. The summed E-state index contributed by atoms with van der Waals surface area (Å²) in [4.78, 5) is 36.1. The first kappa shape index (κ1) is 41.6. The highest BCUT2D eigenvalue weighted by atomic mass is 19.4. The van der Waals surface area contributed by atoms with E-state index >= 15 is 26.3 Å². The third-order valence-corrected chi connectivity index (χ3v) is 8.02. The zero-order chi connectivity index (χ0) is 41.1. The number of ether oxygens (including phenoxy) is 3.